The summed E-state index contributed by atoms with van der Waals surface area (Å²) < 4.78 is 6.15. The Morgan fingerprint density at radius 1 is 0.904 bits per heavy atom. The maximum atomic E-state index is 14.0. The van der Waals surface area contributed by atoms with Gasteiger partial charge in [0.1, 0.15) is 6.10 Å². The van der Waals surface area contributed by atoms with Crippen LogP contribution in [0.5, 0.6) is 0 Å². The van der Waals surface area contributed by atoms with Crippen LogP contribution in [0.2, 0.25) is 0 Å². The van der Waals surface area contributed by atoms with Crippen LogP contribution in [-0.2, 0) is 19.1 Å². The molecule has 8 nitrogen and oxygen atoms in total. The van der Waals surface area contributed by atoms with Gasteiger partial charge in [-0.3, -0.25) is 19.2 Å². The number of allylic oxidation sites excluding steroid dienone is 1. The lowest BCUT2D eigenvalue weighted by atomic mass is 9.33. The van der Waals surface area contributed by atoms with E-state index >= 15 is 0 Å². The summed E-state index contributed by atoms with van der Waals surface area (Å²) >= 11 is 0. The number of ketones is 1. The summed E-state index contributed by atoms with van der Waals surface area (Å²) in [5.74, 6) is -0.477. The normalized spacial score (nSPS) is 37.3. The van der Waals surface area contributed by atoms with Crippen molar-refractivity contribution in [2.24, 2.45) is 56.2 Å². The summed E-state index contributed by atoms with van der Waals surface area (Å²) in [6.07, 6.45) is 6.44. The Labute approximate surface area is 310 Å². The first-order valence-electron chi connectivity index (χ1n) is 19.9. The highest BCUT2D eigenvalue weighted by atomic mass is 16.5. The maximum absolute atomic E-state index is 14.0. The van der Waals surface area contributed by atoms with Crippen molar-refractivity contribution in [1.29, 1.82) is 0 Å². The molecule has 0 bridgehead atoms. The summed E-state index contributed by atoms with van der Waals surface area (Å²) in [6.45, 7) is 19.5. The maximum Gasteiger partial charge on any atom is 0.309 e. The molecule has 0 heterocycles. The minimum absolute atomic E-state index is 0.00559. The van der Waals surface area contributed by atoms with E-state index in [-0.39, 0.29) is 64.3 Å². The van der Waals surface area contributed by atoms with E-state index in [4.69, 9.17) is 4.74 Å². The van der Waals surface area contributed by atoms with E-state index in [0.717, 1.165) is 56.9 Å². The van der Waals surface area contributed by atoms with E-state index < -0.39 is 28.9 Å². The summed E-state index contributed by atoms with van der Waals surface area (Å²) in [5, 5.41) is 24.7. The van der Waals surface area contributed by atoms with Gasteiger partial charge in [-0.1, -0.05) is 72.2 Å². The Hall–Kier alpha value is -3.00. The molecule has 5 aliphatic rings. The van der Waals surface area contributed by atoms with Crippen LogP contribution in [0.15, 0.2) is 41.5 Å². The van der Waals surface area contributed by atoms with Crippen LogP contribution in [-0.4, -0.2) is 52.6 Å². The molecule has 1 aromatic rings. The molecule has 0 radical (unpaired) electrons. The van der Waals surface area contributed by atoms with Crippen LogP contribution in [0.1, 0.15) is 137 Å². The lowest BCUT2D eigenvalue weighted by Gasteiger charge is -2.72. The second kappa shape index (κ2) is 13.1. The van der Waals surface area contributed by atoms with Gasteiger partial charge in [0.15, 0.2) is 5.78 Å². The number of carboxylic acids is 1. The lowest BCUT2D eigenvalue weighted by molar-refractivity contribution is -0.235. The van der Waals surface area contributed by atoms with Crippen LogP contribution < -0.4 is 5.32 Å². The quantitative estimate of drug-likeness (QED) is 0.220. The van der Waals surface area contributed by atoms with Gasteiger partial charge in [-0.05, 0) is 123 Å². The Bertz CT molecular complexity index is 1640. The fraction of sp³-hybridized carbons (Fsp3) is 0.727. The van der Waals surface area contributed by atoms with Gasteiger partial charge in [-0.25, -0.2) is 0 Å². The number of amides is 1. The number of rotatable bonds is 9. The van der Waals surface area contributed by atoms with Crippen LogP contribution in [0.25, 0.3) is 0 Å². The van der Waals surface area contributed by atoms with Gasteiger partial charge in [-0.15, -0.1) is 0 Å². The second-order valence-electron chi connectivity index (χ2n) is 19.6. The van der Waals surface area contributed by atoms with Crippen LogP contribution in [0, 0.1) is 56.2 Å². The Kier molecular flexibility index (Phi) is 9.75. The topological polar surface area (TPSA) is 130 Å². The molecule has 52 heavy (non-hydrogen) atoms. The first-order chi connectivity index (χ1) is 24.2. The smallest absolute Gasteiger partial charge is 0.309 e. The highest BCUT2D eigenvalue weighted by Crippen LogP contribution is 2.77. The summed E-state index contributed by atoms with van der Waals surface area (Å²) in [6, 6.07) is 9.07. The number of nitrogens with one attached hydrogen (secondary N) is 1. The van der Waals surface area contributed by atoms with E-state index in [0.29, 0.717) is 23.8 Å². The minimum atomic E-state index is -1.18. The number of Topliss-reactive ketones (excluding diaryl/α,β-unsaturated/α-hetero) is 1. The number of benzene rings is 1. The minimum Gasteiger partial charge on any atom is -0.481 e. The number of carbonyl (C=O) groups excluding carboxylic acids is 3. The predicted molar refractivity (Wildman–Crippen MR) is 200 cm³/mol. The number of aliphatic carboxylic acids is 1. The highest BCUT2D eigenvalue weighted by molar-refractivity contribution is 6.01. The molecule has 6 rings (SSSR count). The monoisotopic (exact) mass is 717 g/mol. The van der Waals surface area contributed by atoms with Gasteiger partial charge in [0.2, 0.25) is 0 Å². The molecule has 3 N–H and O–H groups in total. The summed E-state index contributed by atoms with van der Waals surface area (Å²) in [7, 11) is 0. The molecule has 0 aromatic heterocycles. The standard InChI is InChI=1S/C44H63NO7/c1-26(2)35-29(46)23-44(32(47)25-45-37(49)27-13-11-10-12-14-27)22-21-42(8)28(36(35)44)15-16-31-41(7)19-18-33(52-34(48)24-39(3,4)38(50)51)40(5,6)30(41)17-20-43(31,42)9/h10-14,26,28,30-33,47H,15-25H2,1-9H3,(H,45,49)(H,50,51)/t28-,30+,31-,32-,33+,41+,42-,43-,44+/m1/s1. The number of carboxylic acid groups (broad SMARTS) is 1. The molecule has 4 fully saturated rings. The SMILES string of the molecule is CC(C)C1=C2[C@H]3CC[C@@H]4[C@@]5(C)CC[C@H](OC(=O)CC(C)(C)C(=O)O)C(C)(C)[C@@H]5CC[C@@]4(C)[C@]3(C)CC[C@@]2([C@H](O)CNC(=O)c2ccccc2)CC1=O. The van der Waals surface area contributed by atoms with Crippen molar-refractivity contribution in [1.82, 2.24) is 5.32 Å². The van der Waals surface area contributed by atoms with Gasteiger partial charge in [0.05, 0.1) is 17.9 Å². The number of hydrogen-bond acceptors (Lipinski definition) is 6. The average Bonchev–Trinajstić information content (AvgIpc) is 3.38. The molecule has 1 aromatic carbocycles. The molecular weight excluding hydrogens is 654 g/mol. The third-order valence-electron chi connectivity index (χ3n) is 16.0. The van der Waals surface area contributed by atoms with Crippen molar-refractivity contribution in [3.05, 3.63) is 47.0 Å². The third kappa shape index (κ3) is 5.80. The van der Waals surface area contributed by atoms with Crippen molar-refractivity contribution in [2.75, 3.05) is 6.54 Å². The third-order valence-corrected chi connectivity index (χ3v) is 16.0. The van der Waals surface area contributed by atoms with E-state index in [2.05, 4.69) is 53.8 Å². The number of esters is 1. The molecule has 0 aliphatic heterocycles. The van der Waals surface area contributed by atoms with Crippen molar-refractivity contribution in [2.45, 2.75) is 139 Å². The van der Waals surface area contributed by atoms with Crippen molar-refractivity contribution >= 4 is 23.6 Å². The Balaban J connectivity index is 1.27. The molecule has 9 atom stereocenters. The first-order valence-corrected chi connectivity index (χ1v) is 19.9. The summed E-state index contributed by atoms with van der Waals surface area (Å²) in [4.78, 5) is 51.8. The van der Waals surface area contributed by atoms with Gasteiger partial charge in [-0.2, -0.15) is 0 Å². The first kappa shape index (κ1) is 38.7. The number of hydrogen-bond donors (Lipinski definition) is 3. The zero-order chi connectivity index (χ0) is 38.2. The number of aliphatic hydroxyl groups is 1. The molecule has 0 unspecified atom stereocenters. The van der Waals surface area contributed by atoms with Crippen molar-refractivity contribution < 1.29 is 34.1 Å². The molecule has 8 heteroatoms. The molecule has 0 spiro atoms. The molecule has 1 amide bonds. The van der Waals surface area contributed by atoms with E-state index in [1.807, 2.05) is 18.2 Å². The number of ether oxygens (including phenoxy) is 1. The second-order valence-corrected chi connectivity index (χ2v) is 19.6. The molecule has 286 valence electrons. The van der Waals surface area contributed by atoms with Gasteiger partial charge in [0, 0.05) is 29.4 Å². The van der Waals surface area contributed by atoms with Crippen LogP contribution >= 0.6 is 0 Å². The fourth-order valence-electron chi connectivity index (χ4n) is 13.0. The molecule has 0 saturated heterocycles. The zero-order valence-corrected chi connectivity index (χ0v) is 33.1. The number of fused-ring (bicyclic) bond motifs is 7. The molecular formula is C44H63NO7. The summed E-state index contributed by atoms with van der Waals surface area (Å²) in [5.41, 5.74) is 0.508. The largest absolute Gasteiger partial charge is 0.481 e. The van der Waals surface area contributed by atoms with Gasteiger partial charge < -0.3 is 20.3 Å². The van der Waals surface area contributed by atoms with Crippen molar-refractivity contribution in [3.8, 4) is 0 Å². The van der Waals surface area contributed by atoms with Gasteiger partial charge >= 0.3 is 11.9 Å². The zero-order valence-electron chi connectivity index (χ0n) is 33.1. The fourth-order valence-corrected chi connectivity index (χ4v) is 13.0. The van der Waals surface area contributed by atoms with E-state index in [1.165, 1.54) is 5.57 Å². The average molecular weight is 718 g/mol. The molecule has 5 aliphatic carbocycles. The van der Waals surface area contributed by atoms with Crippen LogP contribution in [0.3, 0.4) is 0 Å². The highest BCUT2D eigenvalue weighted by Gasteiger charge is 2.70. The van der Waals surface area contributed by atoms with Crippen molar-refractivity contribution in [3.63, 3.8) is 0 Å². The van der Waals surface area contributed by atoms with E-state index in [1.54, 1.807) is 26.0 Å². The van der Waals surface area contributed by atoms with E-state index in [9.17, 15) is 29.4 Å². The number of carbonyl (C=O) groups is 4. The number of aliphatic hydroxyl groups excluding tert-OH is 1. The Morgan fingerprint density at radius 2 is 1.58 bits per heavy atom. The lowest BCUT2D eigenvalue weighted by Crippen LogP contribution is -2.66. The Morgan fingerprint density at radius 3 is 2.21 bits per heavy atom. The van der Waals surface area contributed by atoms with Crippen LogP contribution in [0.4, 0.5) is 0 Å². The van der Waals surface area contributed by atoms with Gasteiger partial charge in [0.25, 0.3) is 5.91 Å². The predicted octanol–water partition coefficient (Wildman–Crippen LogP) is 8.17. The molecule has 4 saturated carbocycles.